The Bertz CT molecular complexity index is 1370. The Morgan fingerprint density at radius 1 is 1.14 bits per heavy atom. The molecule has 0 unspecified atom stereocenters. The maximum absolute atomic E-state index is 11.6. The Labute approximate surface area is 207 Å². The van der Waals surface area contributed by atoms with Gasteiger partial charge in [0.2, 0.25) is 5.88 Å². The van der Waals surface area contributed by atoms with Crippen molar-refractivity contribution in [3.63, 3.8) is 0 Å². The Balaban J connectivity index is 1.55. The molecule has 0 spiro atoms. The predicted octanol–water partition coefficient (Wildman–Crippen LogP) is 5.07. The molecule has 8 nitrogen and oxygen atoms in total. The third kappa shape index (κ3) is 5.07. The van der Waals surface area contributed by atoms with Crippen LogP contribution in [0.2, 0.25) is 5.02 Å². The molecule has 0 amide bonds. The van der Waals surface area contributed by atoms with Crippen LogP contribution in [0.5, 0.6) is 11.6 Å². The van der Waals surface area contributed by atoms with Crippen LogP contribution in [0.1, 0.15) is 32.3 Å². The highest BCUT2D eigenvalue weighted by molar-refractivity contribution is 6.33. The zero-order chi connectivity index (χ0) is 24.4. The van der Waals surface area contributed by atoms with E-state index in [4.69, 9.17) is 30.8 Å². The number of imidazole rings is 1. The standard InChI is InChI=1S/C26H25ClN4O4/c1-3-33-21(32)15-34-18-9-10-19(20(27)13-18)23-30-22-24(31(23)14-17-7-5-4-6-8-17)28-16-29-25(22)35-26(2)11-12-26/h4-10,13,16H,3,11-12,14-15H2,1-2H3. The largest absolute Gasteiger partial charge is 0.482 e. The molecular formula is C26H25ClN4O4. The molecule has 1 aliphatic rings. The molecule has 0 bridgehead atoms. The van der Waals surface area contributed by atoms with Gasteiger partial charge in [0.15, 0.2) is 17.8 Å². The van der Waals surface area contributed by atoms with Gasteiger partial charge in [-0.15, -0.1) is 0 Å². The first-order valence-corrected chi connectivity index (χ1v) is 11.9. The second kappa shape index (κ2) is 9.54. The number of fused-ring (bicyclic) bond motifs is 1. The molecule has 4 aromatic rings. The number of esters is 1. The van der Waals surface area contributed by atoms with Gasteiger partial charge in [0.05, 0.1) is 18.2 Å². The number of hydrogen-bond donors (Lipinski definition) is 0. The van der Waals surface area contributed by atoms with Crippen molar-refractivity contribution in [2.75, 3.05) is 13.2 Å². The van der Waals surface area contributed by atoms with E-state index < -0.39 is 5.97 Å². The van der Waals surface area contributed by atoms with Gasteiger partial charge in [0.1, 0.15) is 23.5 Å². The molecule has 35 heavy (non-hydrogen) atoms. The number of hydrogen-bond acceptors (Lipinski definition) is 7. The van der Waals surface area contributed by atoms with E-state index in [1.807, 2.05) is 41.0 Å². The summed E-state index contributed by atoms with van der Waals surface area (Å²) in [6, 6.07) is 15.3. The number of benzene rings is 2. The third-order valence-electron chi connectivity index (χ3n) is 5.82. The summed E-state index contributed by atoms with van der Waals surface area (Å²) >= 11 is 6.68. The van der Waals surface area contributed by atoms with Gasteiger partial charge in [0, 0.05) is 5.56 Å². The molecule has 0 N–H and O–H groups in total. The SMILES string of the molecule is CCOC(=O)COc1ccc(-c2nc3c(OC4(C)CC4)ncnc3n2Cc2ccccc2)c(Cl)c1. The van der Waals surface area contributed by atoms with Crippen molar-refractivity contribution in [3.05, 3.63) is 65.4 Å². The monoisotopic (exact) mass is 492 g/mol. The fourth-order valence-electron chi connectivity index (χ4n) is 3.74. The van der Waals surface area contributed by atoms with Gasteiger partial charge in [-0.1, -0.05) is 41.9 Å². The molecule has 1 fully saturated rings. The number of carbonyl (C=O) groups excluding carboxylic acids is 1. The van der Waals surface area contributed by atoms with Crippen LogP contribution in [-0.2, 0) is 16.1 Å². The number of ether oxygens (including phenoxy) is 3. The highest BCUT2D eigenvalue weighted by Crippen LogP contribution is 2.41. The van der Waals surface area contributed by atoms with Crippen molar-refractivity contribution >= 4 is 28.7 Å². The summed E-state index contributed by atoms with van der Waals surface area (Å²) in [6.07, 6.45) is 3.47. The number of halogens is 1. The lowest BCUT2D eigenvalue weighted by Gasteiger charge is -2.12. The van der Waals surface area contributed by atoms with E-state index in [2.05, 4.69) is 16.9 Å². The van der Waals surface area contributed by atoms with Crippen LogP contribution < -0.4 is 9.47 Å². The van der Waals surface area contributed by atoms with Crippen LogP contribution in [0.25, 0.3) is 22.6 Å². The molecule has 9 heteroatoms. The van der Waals surface area contributed by atoms with Gasteiger partial charge in [-0.05, 0) is 50.5 Å². The minimum absolute atomic E-state index is 0.189. The van der Waals surface area contributed by atoms with E-state index in [1.54, 1.807) is 19.1 Å². The second-order valence-electron chi connectivity index (χ2n) is 8.65. The van der Waals surface area contributed by atoms with Gasteiger partial charge < -0.3 is 18.8 Å². The van der Waals surface area contributed by atoms with E-state index in [0.29, 0.717) is 52.4 Å². The lowest BCUT2D eigenvalue weighted by atomic mass is 10.2. The zero-order valence-corrected chi connectivity index (χ0v) is 20.3. The first-order chi connectivity index (χ1) is 17.0. The van der Waals surface area contributed by atoms with Crippen molar-refractivity contribution in [3.8, 4) is 23.0 Å². The summed E-state index contributed by atoms with van der Waals surface area (Å²) in [5, 5.41) is 0.431. The van der Waals surface area contributed by atoms with Crippen LogP contribution in [-0.4, -0.2) is 44.3 Å². The Morgan fingerprint density at radius 2 is 1.94 bits per heavy atom. The lowest BCUT2D eigenvalue weighted by Crippen LogP contribution is -2.14. The molecule has 2 heterocycles. The summed E-state index contributed by atoms with van der Waals surface area (Å²) < 4.78 is 18.6. The quantitative estimate of drug-likeness (QED) is 0.301. The number of nitrogens with zero attached hydrogens (tertiary/aromatic N) is 4. The highest BCUT2D eigenvalue weighted by atomic mass is 35.5. The molecular weight excluding hydrogens is 468 g/mol. The lowest BCUT2D eigenvalue weighted by molar-refractivity contribution is -0.145. The van der Waals surface area contributed by atoms with Crippen LogP contribution in [0.3, 0.4) is 0 Å². The number of aromatic nitrogens is 4. The first-order valence-electron chi connectivity index (χ1n) is 11.5. The Hall–Kier alpha value is -3.65. The summed E-state index contributed by atoms with van der Waals surface area (Å²) in [5.74, 6) is 1.13. The average molecular weight is 493 g/mol. The van der Waals surface area contributed by atoms with Crippen molar-refractivity contribution in [1.29, 1.82) is 0 Å². The molecule has 0 radical (unpaired) electrons. The van der Waals surface area contributed by atoms with Crippen molar-refractivity contribution in [1.82, 2.24) is 19.5 Å². The molecule has 0 saturated heterocycles. The van der Waals surface area contributed by atoms with Gasteiger partial charge in [0.25, 0.3) is 0 Å². The molecule has 180 valence electrons. The van der Waals surface area contributed by atoms with E-state index in [-0.39, 0.29) is 12.2 Å². The molecule has 2 aromatic carbocycles. The van der Waals surface area contributed by atoms with Gasteiger partial charge >= 0.3 is 5.97 Å². The number of carbonyl (C=O) groups is 1. The molecule has 1 saturated carbocycles. The maximum atomic E-state index is 11.6. The van der Waals surface area contributed by atoms with Crippen molar-refractivity contribution < 1.29 is 19.0 Å². The van der Waals surface area contributed by atoms with Crippen molar-refractivity contribution in [2.24, 2.45) is 0 Å². The normalized spacial score (nSPS) is 14.0. The topological polar surface area (TPSA) is 88.4 Å². The molecule has 5 rings (SSSR count). The van der Waals surface area contributed by atoms with E-state index >= 15 is 0 Å². The van der Waals surface area contributed by atoms with Gasteiger partial charge in [-0.3, -0.25) is 0 Å². The zero-order valence-electron chi connectivity index (χ0n) is 19.5. The molecule has 0 aliphatic heterocycles. The fraction of sp³-hybridized carbons (Fsp3) is 0.308. The average Bonchev–Trinajstić information content (AvgIpc) is 3.47. The minimum atomic E-state index is -0.437. The summed E-state index contributed by atoms with van der Waals surface area (Å²) in [7, 11) is 0. The van der Waals surface area contributed by atoms with Crippen LogP contribution in [0.15, 0.2) is 54.9 Å². The predicted molar refractivity (Wildman–Crippen MR) is 132 cm³/mol. The highest BCUT2D eigenvalue weighted by Gasteiger charge is 2.41. The van der Waals surface area contributed by atoms with Crippen molar-refractivity contribution in [2.45, 2.75) is 38.8 Å². The molecule has 2 aromatic heterocycles. The van der Waals surface area contributed by atoms with Crippen LogP contribution in [0.4, 0.5) is 0 Å². The van der Waals surface area contributed by atoms with Gasteiger partial charge in [-0.2, -0.15) is 4.98 Å². The minimum Gasteiger partial charge on any atom is -0.482 e. The first kappa shape index (κ1) is 23.1. The van der Waals surface area contributed by atoms with Crippen LogP contribution >= 0.6 is 11.6 Å². The summed E-state index contributed by atoms with van der Waals surface area (Å²) in [5.41, 5.74) is 2.84. The molecule has 1 aliphatic carbocycles. The maximum Gasteiger partial charge on any atom is 0.344 e. The van der Waals surface area contributed by atoms with E-state index in [9.17, 15) is 4.79 Å². The Morgan fingerprint density at radius 3 is 2.66 bits per heavy atom. The third-order valence-corrected chi connectivity index (χ3v) is 6.14. The number of rotatable bonds is 9. The van der Waals surface area contributed by atoms with Gasteiger partial charge in [-0.25, -0.2) is 14.8 Å². The summed E-state index contributed by atoms with van der Waals surface area (Å²) in [6.45, 7) is 4.46. The molecule has 0 atom stereocenters. The van der Waals surface area contributed by atoms with E-state index in [1.165, 1.54) is 6.33 Å². The summed E-state index contributed by atoms with van der Waals surface area (Å²) in [4.78, 5) is 25.4. The smallest absolute Gasteiger partial charge is 0.344 e. The van der Waals surface area contributed by atoms with E-state index in [0.717, 1.165) is 18.4 Å². The second-order valence-corrected chi connectivity index (χ2v) is 9.05. The van der Waals surface area contributed by atoms with Crippen LogP contribution in [0, 0.1) is 0 Å². The fourth-order valence-corrected chi connectivity index (χ4v) is 3.99. The Kier molecular flexibility index (Phi) is 6.30.